The van der Waals surface area contributed by atoms with Crippen molar-refractivity contribution in [2.45, 2.75) is 19.5 Å². The van der Waals surface area contributed by atoms with Gasteiger partial charge in [0.15, 0.2) is 0 Å². The quantitative estimate of drug-likeness (QED) is 0.813. The molecule has 5 heteroatoms. The fourth-order valence-corrected chi connectivity index (χ4v) is 1.23. The number of hydrogen-bond acceptors (Lipinski definition) is 5. The van der Waals surface area contributed by atoms with Gasteiger partial charge >= 0.3 is 0 Å². The average Bonchev–Trinajstić information content (AvgIpc) is 2.80. The van der Waals surface area contributed by atoms with Crippen LogP contribution in [-0.2, 0) is 6.54 Å². The van der Waals surface area contributed by atoms with Crippen LogP contribution in [0, 0.1) is 0 Å². The maximum absolute atomic E-state index is 4.73. The summed E-state index contributed by atoms with van der Waals surface area (Å²) < 4.78 is 4.73. The van der Waals surface area contributed by atoms with Crippen molar-refractivity contribution in [3.05, 3.63) is 42.3 Å². The summed E-state index contributed by atoms with van der Waals surface area (Å²) in [7, 11) is 0. The van der Waals surface area contributed by atoms with E-state index in [1.807, 2.05) is 13.0 Å². The van der Waals surface area contributed by atoms with Crippen LogP contribution >= 0.6 is 0 Å². The highest BCUT2D eigenvalue weighted by molar-refractivity contribution is 5.02. The van der Waals surface area contributed by atoms with E-state index in [1.165, 1.54) is 0 Å². The lowest BCUT2D eigenvalue weighted by molar-refractivity contribution is 0.405. The van der Waals surface area contributed by atoms with Crippen LogP contribution < -0.4 is 5.32 Å². The third kappa shape index (κ3) is 2.60. The number of rotatable bonds is 4. The standard InChI is InChI=1S/C10H12N4O/c1-8(10-7-11-3-4-12-10)13-6-9-2-5-15-14-9/h2-5,7-8,13H,6H2,1H3. The van der Waals surface area contributed by atoms with Crippen molar-refractivity contribution in [3.63, 3.8) is 0 Å². The van der Waals surface area contributed by atoms with E-state index in [-0.39, 0.29) is 6.04 Å². The van der Waals surface area contributed by atoms with E-state index in [1.54, 1.807) is 24.9 Å². The molecule has 0 amide bonds. The summed E-state index contributed by atoms with van der Waals surface area (Å²) in [6.45, 7) is 2.69. The molecule has 2 aromatic rings. The van der Waals surface area contributed by atoms with Crippen LogP contribution in [0.15, 0.2) is 35.4 Å². The first-order valence-electron chi connectivity index (χ1n) is 4.75. The Morgan fingerprint density at radius 2 is 2.40 bits per heavy atom. The molecule has 0 saturated carbocycles. The van der Waals surface area contributed by atoms with Gasteiger partial charge in [-0.25, -0.2) is 0 Å². The minimum atomic E-state index is 0.149. The molecule has 5 nitrogen and oxygen atoms in total. The van der Waals surface area contributed by atoms with Gasteiger partial charge in [-0.15, -0.1) is 0 Å². The van der Waals surface area contributed by atoms with E-state index in [4.69, 9.17) is 4.52 Å². The van der Waals surface area contributed by atoms with Crippen molar-refractivity contribution in [2.75, 3.05) is 0 Å². The normalized spacial score (nSPS) is 12.6. The van der Waals surface area contributed by atoms with Gasteiger partial charge in [-0.05, 0) is 6.92 Å². The van der Waals surface area contributed by atoms with Crippen LogP contribution in [0.3, 0.4) is 0 Å². The lowest BCUT2D eigenvalue weighted by Gasteiger charge is -2.10. The highest BCUT2D eigenvalue weighted by Crippen LogP contribution is 2.07. The third-order valence-corrected chi connectivity index (χ3v) is 2.11. The number of nitrogens with one attached hydrogen (secondary N) is 1. The molecule has 1 N–H and O–H groups in total. The third-order valence-electron chi connectivity index (χ3n) is 2.11. The van der Waals surface area contributed by atoms with E-state index in [9.17, 15) is 0 Å². The van der Waals surface area contributed by atoms with Crippen LogP contribution in [0.5, 0.6) is 0 Å². The van der Waals surface area contributed by atoms with E-state index in [0.29, 0.717) is 6.54 Å². The molecule has 78 valence electrons. The molecule has 2 heterocycles. The highest BCUT2D eigenvalue weighted by Gasteiger charge is 2.06. The molecule has 2 rings (SSSR count). The van der Waals surface area contributed by atoms with Crippen LogP contribution in [0.2, 0.25) is 0 Å². The molecule has 0 saturated heterocycles. The second kappa shape index (κ2) is 4.65. The SMILES string of the molecule is CC(NCc1ccon1)c1cnccn1. The summed E-state index contributed by atoms with van der Waals surface area (Å²) in [6, 6.07) is 1.98. The highest BCUT2D eigenvalue weighted by atomic mass is 16.5. The molecular formula is C10H12N4O. The minimum Gasteiger partial charge on any atom is -0.364 e. The summed E-state index contributed by atoms with van der Waals surface area (Å²) in [5.74, 6) is 0. The van der Waals surface area contributed by atoms with Crippen LogP contribution in [0.4, 0.5) is 0 Å². The van der Waals surface area contributed by atoms with Crippen LogP contribution in [-0.4, -0.2) is 15.1 Å². The van der Waals surface area contributed by atoms with Gasteiger partial charge in [-0.3, -0.25) is 9.97 Å². The van der Waals surface area contributed by atoms with Crippen molar-refractivity contribution >= 4 is 0 Å². The summed E-state index contributed by atoms with van der Waals surface area (Å²) in [4.78, 5) is 8.22. The Hall–Kier alpha value is -1.75. The fraction of sp³-hybridized carbons (Fsp3) is 0.300. The molecule has 0 bridgehead atoms. The average molecular weight is 204 g/mol. The summed E-state index contributed by atoms with van der Waals surface area (Å²) in [5, 5.41) is 7.08. The predicted octanol–water partition coefficient (Wildman–Crippen LogP) is 1.32. The maximum atomic E-state index is 4.73. The molecule has 0 aliphatic heterocycles. The molecule has 0 aliphatic carbocycles. The van der Waals surface area contributed by atoms with Crippen LogP contribution in [0.1, 0.15) is 24.4 Å². The molecule has 0 spiro atoms. The Morgan fingerprint density at radius 1 is 1.47 bits per heavy atom. The Bertz CT molecular complexity index is 387. The van der Waals surface area contributed by atoms with E-state index >= 15 is 0 Å². The Labute approximate surface area is 87.5 Å². The van der Waals surface area contributed by atoms with Gasteiger partial charge in [0, 0.05) is 37.2 Å². The lowest BCUT2D eigenvalue weighted by Crippen LogP contribution is -2.19. The number of aromatic nitrogens is 3. The lowest BCUT2D eigenvalue weighted by atomic mass is 10.2. The summed E-state index contributed by atoms with van der Waals surface area (Å²) in [6.07, 6.45) is 6.65. The molecule has 0 aromatic carbocycles. The predicted molar refractivity (Wildman–Crippen MR) is 53.8 cm³/mol. The Morgan fingerprint density at radius 3 is 3.07 bits per heavy atom. The largest absolute Gasteiger partial charge is 0.364 e. The van der Waals surface area contributed by atoms with E-state index in [2.05, 4.69) is 20.4 Å². The van der Waals surface area contributed by atoms with Gasteiger partial charge in [0.1, 0.15) is 6.26 Å². The monoisotopic (exact) mass is 204 g/mol. The zero-order valence-corrected chi connectivity index (χ0v) is 8.42. The van der Waals surface area contributed by atoms with Gasteiger partial charge < -0.3 is 9.84 Å². The molecule has 1 unspecified atom stereocenters. The van der Waals surface area contributed by atoms with Crippen molar-refractivity contribution in [1.29, 1.82) is 0 Å². The molecular weight excluding hydrogens is 192 g/mol. The topological polar surface area (TPSA) is 63.8 Å². The fourth-order valence-electron chi connectivity index (χ4n) is 1.23. The number of nitrogens with zero attached hydrogens (tertiary/aromatic N) is 3. The minimum absolute atomic E-state index is 0.149. The summed E-state index contributed by atoms with van der Waals surface area (Å²) >= 11 is 0. The summed E-state index contributed by atoms with van der Waals surface area (Å²) in [5.41, 5.74) is 1.80. The Kier molecular flexibility index (Phi) is 3.04. The van der Waals surface area contributed by atoms with Gasteiger partial charge in [0.2, 0.25) is 0 Å². The molecule has 0 radical (unpaired) electrons. The molecule has 2 aromatic heterocycles. The van der Waals surface area contributed by atoms with Crippen LogP contribution in [0.25, 0.3) is 0 Å². The smallest absolute Gasteiger partial charge is 0.124 e. The van der Waals surface area contributed by atoms with E-state index < -0.39 is 0 Å². The van der Waals surface area contributed by atoms with E-state index in [0.717, 1.165) is 11.4 Å². The Balaban J connectivity index is 1.90. The van der Waals surface area contributed by atoms with Gasteiger partial charge in [0.25, 0.3) is 0 Å². The zero-order valence-electron chi connectivity index (χ0n) is 8.42. The van der Waals surface area contributed by atoms with Crippen molar-refractivity contribution in [2.24, 2.45) is 0 Å². The molecule has 15 heavy (non-hydrogen) atoms. The molecule has 0 fully saturated rings. The van der Waals surface area contributed by atoms with Crippen molar-refractivity contribution in [3.8, 4) is 0 Å². The molecule has 1 atom stereocenters. The first-order chi connectivity index (χ1) is 7.36. The van der Waals surface area contributed by atoms with Gasteiger partial charge in [-0.1, -0.05) is 5.16 Å². The van der Waals surface area contributed by atoms with Gasteiger partial charge in [-0.2, -0.15) is 0 Å². The first-order valence-corrected chi connectivity index (χ1v) is 4.75. The van der Waals surface area contributed by atoms with Gasteiger partial charge in [0.05, 0.1) is 11.4 Å². The maximum Gasteiger partial charge on any atom is 0.124 e. The zero-order chi connectivity index (χ0) is 10.5. The number of hydrogen-bond donors (Lipinski definition) is 1. The van der Waals surface area contributed by atoms with Crippen molar-refractivity contribution < 1.29 is 4.52 Å². The van der Waals surface area contributed by atoms with Crippen molar-refractivity contribution in [1.82, 2.24) is 20.4 Å². The second-order valence-corrected chi connectivity index (χ2v) is 3.22. The first kappa shape index (κ1) is 9.79. The second-order valence-electron chi connectivity index (χ2n) is 3.22. The molecule has 0 aliphatic rings.